The highest BCUT2D eigenvalue weighted by Crippen LogP contribution is 2.31. The standard InChI is InChI=1S/C12H17N3S/c1-12(2,5-6-13)8-3-4-9-10(7-8)16-11(14)15-9/h3-4,7H,5-6,13H2,1-2H3,(H2,14,15). The van der Waals surface area contributed by atoms with Gasteiger partial charge in [-0.25, -0.2) is 4.98 Å². The second-order valence-electron chi connectivity index (χ2n) is 4.66. The van der Waals surface area contributed by atoms with Gasteiger partial charge in [-0.05, 0) is 36.1 Å². The number of aromatic nitrogens is 1. The first-order chi connectivity index (χ1) is 7.53. The van der Waals surface area contributed by atoms with E-state index in [0.717, 1.165) is 16.6 Å². The fourth-order valence-electron chi connectivity index (χ4n) is 1.87. The van der Waals surface area contributed by atoms with E-state index >= 15 is 0 Å². The van der Waals surface area contributed by atoms with Gasteiger partial charge < -0.3 is 11.5 Å². The van der Waals surface area contributed by atoms with Gasteiger partial charge in [-0.3, -0.25) is 0 Å². The van der Waals surface area contributed by atoms with Gasteiger partial charge in [0.05, 0.1) is 10.2 Å². The van der Waals surface area contributed by atoms with Crippen LogP contribution in [0.3, 0.4) is 0 Å². The summed E-state index contributed by atoms with van der Waals surface area (Å²) < 4.78 is 1.15. The molecule has 4 heteroatoms. The smallest absolute Gasteiger partial charge is 0.181 e. The number of nitrogens with zero attached hydrogens (tertiary/aromatic N) is 1. The van der Waals surface area contributed by atoms with Crippen LogP contribution in [0.25, 0.3) is 10.2 Å². The first-order valence-corrected chi connectivity index (χ1v) is 6.21. The van der Waals surface area contributed by atoms with Crippen LogP contribution in [-0.4, -0.2) is 11.5 Å². The zero-order valence-electron chi connectivity index (χ0n) is 9.66. The molecule has 1 aromatic carbocycles. The topological polar surface area (TPSA) is 64.9 Å². The molecule has 1 heterocycles. The summed E-state index contributed by atoms with van der Waals surface area (Å²) in [5.74, 6) is 0. The van der Waals surface area contributed by atoms with Crippen LogP contribution in [0.15, 0.2) is 18.2 Å². The third-order valence-electron chi connectivity index (χ3n) is 2.96. The molecule has 86 valence electrons. The molecule has 0 aliphatic heterocycles. The molecule has 16 heavy (non-hydrogen) atoms. The lowest BCUT2D eigenvalue weighted by Crippen LogP contribution is -2.21. The van der Waals surface area contributed by atoms with E-state index in [9.17, 15) is 0 Å². The van der Waals surface area contributed by atoms with E-state index in [1.807, 2.05) is 6.07 Å². The minimum Gasteiger partial charge on any atom is -0.375 e. The average molecular weight is 235 g/mol. The zero-order valence-corrected chi connectivity index (χ0v) is 10.5. The molecule has 0 radical (unpaired) electrons. The van der Waals surface area contributed by atoms with Gasteiger partial charge in [0.2, 0.25) is 0 Å². The van der Waals surface area contributed by atoms with Crippen molar-refractivity contribution in [3.8, 4) is 0 Å². The lowest BCUT2D eigenvalue weighted by molar-refractivity contribution is 0.488. The molecule has 0 atom stereocenters. The largest absolute Gasteiger partial charge is 0.375 e. The fraction of sp³-hybridized carbons (Fsp3) is 0.417. The van der Waals surface area contributed by atoms with Gasteiger partial charge in [0, 0.05) is 0 Å². The quantitative estimate of drug-likeness (QED) is 0.859. The zero-order chi connectivity index (χ0) is 11.8. The Morgan fingerprint density at radius 1 is 1.38 bits per heavy atom. The van der Waals surface area contributed by atoms with Gasteiger partial charge in [0.1, 0.15) is 0 Å². The van der Waals surface area contributed by atoms with Crippen LogP contribution >= 0.6 is 11.3 Å². The number of nitrogens with two attached hydrogens (primary N) is 2. The van der Waals surface area contributed by atoms with Crippen LogP contribution in [0.1, 0.15) is 25.8 Å². The molecule has 0 fully saturated rings. The second kappa shape index (κ2) is 4.03. The molecule has 0 amide bonds. The summed E-state index contributed by atoms with van der Waals surface area (Å²) in [5.41, 5.74) is 13.7. The summed E-state index contributed by atoms with van der Waals surface area (Å²) in [6, 6.07) is 6.34. The number of benzene rings is 1. The van der Waals surface area contributed by atoms with Crippen LogP contribution in [-0.2, 0) is 5.41 Å². The van der Waals surface area contributed by atoms with Crippen molar-refractivity contribution < 1.29 is 0 Å². The van der Waals surface area contributed by atoms with Crippen molar-refractivity contribution in [2.24, 2.45) is 5.73 Å². The number of nitrogen functional groups attached to an aromatic ring is 1. The third-order valence-corrected chi connectivity index (χ3v) is 3.80. The first kappa shape index (κ1) is 11.4. The molecule has 0 saturated carbocycles. The maximum atomic E-state index is 5.70. The normalized spacial score (nSPS) is 12.2. The SMILES string of the molecule is CC(C)(CCN)c1ccc2nc(N)sc2c1. The highest BCUT2D eigenvalue weighted by molar-refractivity contribution is 7.22. The van der Waals surface area contributed by atoms with Crippen molar-refractivity contribution >= 4 is 26.7 Å². The lowest BCUT2D eigenvalue weighted by atomic mass is 9.81. The molecule has 2 rings (SSSR count). The van der Waals surface area contributed by atoms with Crippen molar-refractivity contribution in [3.63, 3.8) is 0 Å². The van der Waals surface area contributed by atoms with Gasteiger partial charge in [-0.15, -0.1) is 0 Å². The van der Waals surface area contributed by atoms with E-state index in [-0.39, 0.29) is 5.41 Å². The molecule has 0 spiro atoms. The summed E-state index contributed by atoms with van der Waals surface area (Å²) in [7, 11) is 0. The van der Waals surface area contributed by atoms with E-state index in [2.05, 4.69) is 31.0 Å². The summed E-state index contributed by atoms with van der Waals surface area (Å²) in [6.45, 7) is 5.13. The van der Waals surface area contributed by atoms with E-state index in [1.54, 1.807) is 0 Å². The van der Waals surface area contributed by atoms with E-state index < -0.39 is 0 Å². The Hall–Kier alpha value is -1.13. The average Bonchev–Trinajstić information content (AvgIpc) is 2.56. The molecule has 1 aromatic heterocycles. The molecule has 4 N–H and O–H groups in total. The molecular weight excluding hydrogens is 218 g/mol. The number of hydrogen-bond acceptors (Lipinski definition) is 4. The molecule has 3 nitrogen and oxygen atoms in total. The first-order valence-electron chi connectivity index (χ1n) is 5.39. The van der Waals surface area contributed by atoms with Gasteiger partial charge in [-0.2, -0.15) is 0 Å². The van der Waals surface area contributed by atoms with Gasteiger partial charge in [0.25, 0.3) is 0 Å². The van der Waals surface area contributed by atoms with E-state index in [0.29, 0.717) is 11.7 Å². The predicted molar refractivity (Wildman–Crippen MR) is 70.7 cm³/mol. The molecule has 2 aromatic rings. The number of thiazole rings is 1. The Kier molecular flexibility index (Phi) is 2.86. The molecule has 0 saturated heterocycles. The predicted octanol–water partition coefficient (Wildman–Crippen LogP) is 2.50. The minimum atomic E-state index is 0.113. The number of fused-ring (bicyclic) bond motifs is 1. The molecule has 0 bridgehead atoms. The van der Waals surface area contributed by atoms with Crippen molar-refractivity contribution in [2.45, 2.75) is 25.7 Å². The van der Waals surface area contributed by atoms with Gasteiger partial charge in [0.15, 0.2) is 5.13 Å². The number of rotatable bonds is 3. The van der Waals surface area contributed by atoms with Crippen molar-refractivity contribution in [1.29, 1.82) is 0 Å². The fourth-order valence-corrected chi connectivity index (χ4v) is 2.64. The number of hydrogen-bond donors (Lipinski definition) is 2. The Labute approximate surface area is 99.5 Å². The van der Waals surface area contributed by atoms with Crippen molar-refractivity contribution in [1.82, 2.24) is 4.98 Å². The molecule has 0 aliphatic rings. The maximum Gasteiger partial charge on any atom is 0.181 e. The highest BCUT2D eigenvalue weighted by Gasteiger charge is 2.20. The second-order valence-corrected chi connectivity index (χ2v) is 5.72. The Morgan fingerprint density at radius 3 is 2.81 bits per heavy atom. The van der Waals surface area contributed by atoms with Crippen molar-refractivity contribution in [3.05, 3.63) is 23.8 Å². The monoisotopic (exact) mass is 235 g/mol. The Morgan fingerprint density at radius 2 is 2.12 bits per heavy atom. The lowest BCUT2D eigenvalue weighted by Gasteiger charge is -2.24. The van der Waals surface area contributed by atoms with Crippen molar-refractivity contribution in [2.75, 3.05) is 12.3 Å². The highest BCUT2D eigenvalue weighted by atomic mass is 32.1. The summed E-state index contributed by atoms with van der Waals surface area (Å²) in [5, 5.41) is 0.629. The minimum absolute atomic E-state index is 0.113. The van der Waals surface area contributed by atoms with Crippen LogP contribution in [0.5, 0.6) is 0 Å². The Balaban J connectivity index is 2.45. The summed E-state index contributed by atoms with van der Waals surface area (Å²) >= 11 is 1.54. The van der Waals surface area contributed by atoms with Gasteiger partial charge >= 0.3 is 0 Å². The summed E-state index contributed by atoms with van der Waals surface area (Å²) in [6.07, 6.45) is 0.979. The van der Waals surface area contributed by atoms with Crippen LogP contribution < -0.4 is 11.5 Å². The molecule has 0 unspecified atom stereocenters. The third kappa shape index (κ3) is 2.03. The van der Waals surface area contributed by atoms with Crippen LogP contribution in [0, 0.1) is 0 Å². The molecule has 0 aliphatic carbocycles. The summed E-state index contributed by atoms with van der Waals surface area (Å²) in [4.78, 5) is 4.25. The Bertz CT molecular complexity index is 502. The maximum absolute atomic E-state index is 5.70. The number of anilines is 1. The molecular formula is C12H17N3S. The van der Waals surface area contributed by atoms with E-state index in [1.165, 1.54) is 16.9 Å². The van der Waals surface area contributed by atoms with E-state index in [4.69, 9.17) is 11.5 Å². The van der Waals surface area contributed by atoms with Crippen LogP contribution in [0.4, 0.5) is 5.13 Å². The van der Waals surface area contributed by atoms with Gasteiger partial charge in [-0.1, -0.05) is 31.3 Å². The van der Waals surface area contributed by atoms with Crippen LogP contribution in [0.2, 0.25) is 0 Å².